The number of urea groups is 1. The lowest BCUT2D eigenvalue weighted by atomic mass is 9.88. The summed E-state index contributed by atoms with van der Waals surface area (Å²) in [5.74, 6) is 2.80. The number of hydrogen-bond acceptors (Lipinski definition) is 4. The Balaban J connectivity index is 1.31. The minimum atomic E-state index is -0.236. The molecule has 7 nitrogen and oxygen atoms in total. The number of methoxy groups -OCH3 is 2. The number of rotatable bonds is 8. The van der Waals surface area contributed by atoms with Crippen LogP contribution < -0.4 is 20.1 Å². The number of likely N-dealkylation sites (tertiary alicyclic amines) is 1. The molecule has 2 aromatic rings. The first-order chi connectivity index (χ1) is 16.0. The van der Waals surface area contributed by atoms with Gasteiger partial charge in [-0.05, 0) is 60.4 Å². The van der Waals surface area contributed by atoms with Gasteiger partial charge in [0.15, 0.2) is 0 Å². The summed E-state index contributed by atoms with van der Waals surface area (Å²) in [6.07, 6.45) is 2.39. The lowest BCUT2D eigenvalue weighted by Crippen LogP contribution is -2.37. The van der Waals surface area contributed by atoms with Gasteiger partial charge in [0.25, 0.3) is 0 Å². The van der Waals surface area contributed by atoms with Crippen molar-refractivity contribution in [2.75, 3.05) is 32.6 Å². The van der Waals surface area contributed by atoms with E-state index in [1.54, 1.807) is 20.3 Å². The third kappa shape index (κ3) is 5.24. The number of carbonyl (C=O) groups excluding carboxylic acids is 2. The Labute approximate surface area is 195 Å². The zero-order valence-corrected chi connectivity index (χ0v) is 19.5. The highest BCUT2D eigenvalue weighted by molar-refractivity contribution is 5.89. The number of ether oxygens (including phenoxy) is 2. The van der Waals surface area contributed by atoms with Crippen molar-refractivity contribution < 1.29 is 19.1 Å². The van der Waals surface area contributed by atoms with Crippen molar-refractivity contribution in [3.63, 3.8) is 0 Å². The number of nitrogens with one attached hydrogen (secondary N) is 2. The van der Waals surface area contributed by atoms with E-state index in [9.17, 15) is 9.59 Å². The molecule has 1 heterocycles. The van der Waals surface area contributed by atoms with Crippen molar-refractivity contribution in [1.82, 2.24) is 10.2 Å². The summed E-state index contributed by atoms with van der Waals surface area (Å²) in [6.45, 7) is 3.53. The number of anilines is 1. The Kier molecular flexibility index (Phi) is 7.06. The molecule has 0 unspecified atom stereocenters. The van der Waals surface area contributed by atoms with Crippen LogP contribution in [0.2, 0.25) is 0 Å². The van der Waals surface area contributed by atoms with E-state index in [0.717, 1.165) is 25.1 Å². The Morgan fingerprint density at radius 3 is 2.58 bits per heavy atom. The van der Waals surface area contributed by atoms with E-state index in [0.29, 0.717) is 42.2 Å². The summed E-state index contributed by atoms with van der Waals surface area (Å²) in [4.78, 5) is 27.3. The Morgan fingerprint density at radius 1 is 1.09 bits per heavy atom. The molecule has 7 heteroatoms. The normalized spacial score (nSPS) is 23.8. The van der Waals surface area contributed by atoms with Crippen molar-refractivity contribution in [1.29, 1.82) is 0 Å². The minimum Gasteiger partial charge on any atom is -0.497 e. The average molecular weight is 452 g/mol. The summed E-state index contributed by atoms with van der Waals surface area (Å²) >= 11 is 0. The highest BCUT2D eigenvalue weighted by Crippen LogP contribution is 2.45. The van der Waals surface area contributed by atoms with E-state index in [1.807, 2.05) is 30.3 Å². The maximum absolute atomic E-state index is 12.8. The number of benzene rings is 2. The van der Waals surface area contributed by atoms with E-state index in [-0.39, 0.29) is 18.0 Å². The molecule has 176 valence electrons. The number of hydrogen-bond donors (Lipinski definition) is 2. The van der Waals surface area contributed by atoms with Gasteiger partial charge in [-0.1, -0.05) is 25.1 Å². The number of carbonyl (C=O) groups is 2. The van der Waals surface area contributed by atoms with Crippen molar-refractivity contribution in [3.05, 3.63) is 54.1 Å². The Morgan fingerprint density at radius 2 is 1.85 bits per heavy atom. The van der Waals surface area contributed by atoms with Gasteiger partial charge in [-0.15, -0.1) is 0 Å². The fourth-order valence-corrected chi connectivity index (χ4v) is 5.36. The maximum atomic E-state index is 12.8. The molecule has 1 aliphatic carbocycles. The van der Waals surface area contributed by atoms with Gasteiger partial charge in [-0.2, -0.15) is 0 Å². The molecule has 2 aliphatic rings. The van der Waals surface area contributed by atoms with Gasteiger partial charge in [0.2, 0.25) is 5.91 Å². The van der Waals surface area contributed by atoms with Crippen molar-refractivity contribution >= 4 is 17.6 Å². The molecule has 1 saturated heterocycles. The smallest absolute Gasteiger partial charge is 0.319 e. The molecule has 3 amide bonds. The fraction of sp³-hybridized carbons (Fsp3) is 0.462. The maximum Gasteiger partial charge on any atom is 0.319 e. The second kappa shape index (κ2) is 10.1. The molecular formula is C26H33N3O4. The van der Waals surface area contributed by atoms with Crippen molar-refractivity contribution in [2.24, 2.45) is 17.8 Å². The van der Waals surface area contributed by atoms with Gasteiger partial charge in [0.1, 0.15) is 11.5 Å². The molecule has 2 N–H and O–H groups in total. The van der Waals surface area contributed by atoms with Crippen molar-refractivity contribution in [3.8, 4) is 11.5 Å². The monoisotopic (exact) mass is 451 g/mol. The van der Waals surface area contributed by atoms with E-state index < -0.39 is 0 Å². The first kappa shape index (κ1) is 23.0. The number of amides is 3. The molecule has 2 fully saturated rings. The first-order valence-electron chi connectivity index (χ1n) is 11.6. The molecule has 2 aromatic carbocycles. The summed E-state index contributed by atoms with van der Waals surface area (Å²) in [7, 11) is 3.26. The first-order valence-corrected chi connectivity index (χ1v) is 11.6. The quantitative estimate of drug-likeness (QED) is 0.637. The third-order valence-electron chi connectivity index (χ3n) is 7.15. The predicted molar refractivity (Wildman–Crippen MR) is 128 cm³/mol. The lowest BCUT2D eigenvalue weighted by molar-refractivity contribution is -0.129. The van der Waals surface area contributed by atoms with Gasteiger partial charge in [-0.3, -0.25) is 4.79 Å². The zero-order chi connectivity index (χ0) is 23.4. The Hall–Kier alpha value is -3.22. The number of fused-ring (bicyclic) bond motifs is 1. The van der Waals surface area contributed by atoms with E-state index in [2.05, 4.69) is 34.6 Å². The van der Waals surface area contributed by atoms with Crippen LogP contribution >= 0.6 is 0 Å². The molecule has 0 radical (unpaired) electrons. The largest absolute Gasteiger partial charge is 0.497 e. The summed E-state index contributed by atoms with van der Waals surface area (Å²) < 4.78 is 10.4. The van der Waals surface area contributed by atoms with E-state index >= 15 is 0 Å². The molecule has 1 aliphatic heterocycles. The second-order valence-corrected chi connectivity index (χ2v) is 9.06. The molecule has 0 bridgehead atoms. The van der Waals surface area contributed by atoms with Gasteiger partial charge < -0.3 is 25.0 Å². The SMILES string of the molecule is COc1ccc(CCN2C(=O)C[C@H]3[C@H](CNC(=O)Nc4cccc(OC)c4)[C@@H](C)C[C@H]32)cc1. The van der Waals surface area contributed by atoms with Crippen molar-refractivity contribution in [2.45, 2.75) is 32.2 Å². The highest BCUT2D eigenvalue weighted by Gasteiger charge is 2.50. The fourth-order valence-electron chi connectivity index (χ4n) is 5.36. The molecule has 4 rings (SSSR count). The predicted octanol–water partition coefficient (Wildman–Crippen LogP) is 3.94. The van der Waals surface area contributed by atoms with Crippen LogP contribution in [0.5, 0.6) is 11.5 Å². The third-order valence-corrected chi connectivity index (χ3v) is 7.15. The highest BCUT2D eigenvalue weighted by atomic mass is 16.5. The van der Waals surface area contributed by atoms with E-state index in [1.165, 1.54) is 5.56 Å². The van der Waals surface area contributed by atoms with Crippen LogP contribution in [0.25, 0.3) is 0 Å². The standard InChI is InChI=1S/C26H33N3O4/c1-17-13-24-22(15-25(30)29(24)12-11-18-7-9-20(32-2)10-8-18)23(17)16-27-26(31)28-19-5-4-6-21(14-19)33-3/h4-10,14,17,22-24H,11-13,15-16H2,1-3H3,(H2,27,28,31)/t17-,22-,23+,24+/m0/s1. The van der Waals surface area contributed by atoms with Gasteiger partial charge in [0, 0.05) is 37.3 Å². The zero-order valence-electron chi connectivity index (χ0n) is 19.5. The molecule has 0 aromatic heterocycles. The second-order valence-electron chi connectivity index (χ2n) is 9.06. The molecule has 0 spiro atoms. The van der Waals surface area contributed by atoms with Gasteiger partial charge >= 0.3 is 6.03 Å². The lowest BCUT2D eigenvalue weighted by Gasteiger charge is -2.24. The number of nitrogens with zero attached hydrogens (tertiary/aromatic N) is 1. The topological polar surface area (TPSA) is 79.9 Å². The average Bonchev–Trinajstić information content (AvgIpc) is 3.29. The molecule has 1 saturated carbocycles. The van der Waals surface area contributed by atoms with Crippen LogP contribution in [0.15, 0.2) is 48.5 Å². The van der Waals surface area contributed by atoms with E-state index in [4.69, 9.17) is 9.47 Å². The summed E-state index contributed by atoms with van der Waals surface area (Å²) in [5, 5.41) is 5.88. The van der Waals surface area contributed by atoms with Crippen LogP contribution in [0.3, 0.4) is 0 Å². The van der Waals surface area contributed by atoms with Crippen LogP contribution in [-0.2, 0) is 11.2 Å². The molecule has 4 atom stereocenters. The molecular weight excluding hydrogens is 418 g/mol. The summed E-state index contributed by atoms with van der Waals surface area (Å²) in [6, 6.07) is 15.3. The minimum absolute atomic E-state index is 0.233. The van der Waals surface area contributed by atoms with Crippen LogP contribution in [0.4, 0.5) is 10.5 Å². The summed E-state index contributed by atoms with van der Waals surface area (Å²) in [5.41, 5.74) is 1.88. The Bertz CT molecular complexity index is 978. The van der Waals surface area contributed by atoms with Gasteiger partial charge in [0.05, 0.1) is 14.2 Å². The van der Waals surface area contributed by atoms with Crippen LogP contribution in [0.1, 0.15) is 25.3 Å². The van der Waals surface area contributed by atoms with Crippen LogP contribution in [0, 0.1) is 17.8 Å². The van der Waals surface area contributed by atoms with Crippen LogP contribution in [-0.4, -0.2) is 50.2 Å². The van der Waals surface area contributed by atoms with Gasteiger partial charge in [-0.25, -0.2) is 4.79 Å². The molecule has 33 heavy (non-hydrogen) atoms.